The van der Waals surface area contributed by atoms with E-state index < -0.39 is 0 Å². The van der Waals surface area contributed by atoms with Crippen molar-refractivity contribution in [2.45, 2.75) is 0 Å². The molecule has 2 aromatic heterocycles. The molecule has 52 valence electrons. The van der Waals surface area contributed by atoms with Crippen LogP contribution in [-0.4, -0.2) is 9.97 Å². The number of aromatic amines is 2. The molecule has 0 amide bonds. The SMILES string of the molecule is Ic1cc2[nH]c(I)cc2[nH]1. The summed E-state index contributed by atoms with van der Waals surface area (Å²) < 4.78 is 2.35. The number of hydrogen-bond acceptors (Lipinski definition) is 0. The predicted molar refractivity (Wildman–Crippen MR) is 58.1 cm³/mol. The van der Waals surface area contributed by atoms with Crippen LogP contribution in [0.4, 0.5) is 0 Å². The number of fused-ring (bicyclic) bond motifs is 1. The zero-order chi connectivity index (χ0) is 7.14. The van der Waals surface area contributed by atoms with E-state index >= 15 is 0 Å². The van der Waals surface area contributed by atoms with Crippen molar-refractivity contribution in [3.63, 3.8) is 0 Å². The second-order valence-electron chi connectivity index (χ2n) is 2.06. The highest BCUT2D eigenvalue weighted by Gasteiger charge is 1.99. The molecule has 2 aromatic rings. The maximum Gasteiger partial charge on any atom is 0.0798 e. The van der Waals surface area contributed by atoms with Gasteiger partial charge in [0.1, 0.15) is 0 Å². The fourth-order valence-electron chi connectivity index (χ4n) is 0.945. The first-order chi connectivity index (χ1) is 4.75. The Morgan fingerprint density at radius 1 is 0.900 bits per heavy atom. The third-order valence-electron chi connectivity index (χ3n) is 1.34. The summed E-state index contributed by atoms with van der Waals surface area (Å²) in [6.07, 6.45) is 0. The molecule has 2 nitrogen and oxygen atoms in total. The van der Waals surface area contributed by atoms with Gasteiger partial charge in [-0.15, -0.1) is 0 Å². The Kier molecular flexibility index (Phi) is 1.67. The van der Waals surface area contributed by atoms with Crippen LogP contribution in [0.5, 0.6) is 0 Å². The van der Waals surface area contributed by atoms with E-state index in [2.05, 4.69) is 67.3 Å². The van der Waals surface area contributed by atoms with E-state index in [1.165, 1.54) is 18.4 Å². The van der Waals surface area contributed by atoms with Gasteiger partial charge in [0.2, 0.25) is 0 Å². The lowest BCUT2D eigenvalue weighted by molar-refractivity contribution is 1.38. The highest BCUT2D eigenvalue weighted by atomic mass is 127. The zero-order valence-corrected chi connectivity index (χ0v) is 9.23. The summed E-state index contributed by atoms with van der Waals surface area (Å²) in [5, 5.41) is 0. The van der Waals surface area contributed by atoms with Crippen LogP contribution in [0.2, 0.25) is 0 Å². The molecule has 2 rings (SSSR count). The molecule has 0 aliphatic heterocycles. The topological polar surface area (TPSA) is 31.6 Å². The molecule has 4 heteroatoms. The second kappa shape index (κ2) is 2.40. The highest BCUT2D eigenvalue weighted by Crippen LogP contribution is 2.17. The van der Waals surface area contributed by atoms with Crippen molar-refractivity contribution >= 4 is 56.2 Å². The van der Waals surface area contributed by atoms with Gasteiger partial charge in [-0.3, -0.25) is 0 Å². The number of H-pyrrole nitrogens is 2. The average molecular weight is 358 g/mol. The highest BCUT2D eigenvalue weighted by molar-refractivity contribution is 14.1. The van der Waals surface area contributed by atoms with Crippen molar-refractivity contribution in [2.24, 2.45) is 0 Å². The lowest BCUT2D eigenvalue weighted by Gasteiger charge is -1.76. The van der Waals surface area contributed by atoms with Crippen molar-refractivity contribution in [3.8, 4) is 0 Å². The molecule has 0 fully saturated rings. The summed E-state index contributed by atoms with van der Waals surface area (Å²) in [7, 11) is 0. The van der Waals surface area contributed by atoms with Gasteiger partial charge in [0, 0.05) is 0 Å². The molecule has 0 unspecified atom stereocenters. The molecule has 0 bridgehead atoms. The van der Waals surface area contributed by atoms with E-state index in [1.54, 1.807) is 0 Å². The molecule has 2 heterocycles. The van der Waals surface area contributed by atoms with Crippen molar-refractivity contribution in [1.82, 2.24) is 9.97 Å². The third-order valence-corrected chi connectivity index (χ3v) is 2.50. The smallest absolute Gasteiger partial charge is 0.0798 e. The second-order valence-corrected chi connectivity index (χ2v) is 4.39. The van der Waals surface area contributed by atoms with Crippen LogP contribution in [0.25, 0.3) is 11.0 Å². The number of aromatic nitrogens is 2. The van der Waals surface area contributed by atoms with E-state index in [0.29, 0.717) is 0 Å². The molecule has 0 aliphatic carbocycles. The lowest BCUT2D eigenvalue weighted by Crippen LogP contribution is -1.66. The van der Waals surface area contributed by atoms with Gasteiger partial charge in [0.05, 0.1) is 18.4 Å². The van der Waals surface area contributed by atoms with Crippen LogP contribution in [0.3, 0.4) is 0 Å². The van der Waals surface area contributed by atoms with E-state index in [0.717, 1.165) is 0 Å². The van der Waals surface area contributed by atoms with E-state index in [1.807, 2.05) is 0 Å². The minimum Gasteiger partial charge on any atom is -0.349 e. The Hall–Kier alpha value is 0.280. The van der Waals surface area contributed by atoms with Crippen molar-refractivity contribution in [2.75, 3.05) is 0 Å². The van der Waals surface area contributed by atoms with Gasteiger partial charge in [-0.2, -0.15) is 0 Å². The summed E-state index contributed by atoms with van der Waals surface area (Å²) in [5.41, 5.74) is 2.38. The Labute approximate surface area is 85.1 Å². The maximum atomic E-state index is 3.23. The van der Waals surface area contributed by atoms with Gasteiger partial charge < -0.3 is 9.97 Å². The maximum absolute atomic E-state index is 3.23. The van der Waals surface area contributed by atoms with E-state index in [4.69, 9.17) is 0 Å². The standard InChI is InChI=1S/C6H4I2N2/c7-5-1-3-4(10-5)2-6(8)9-3/h1-2,9-10H. The lowest BCUT2D eigenvalue weighted by atomic mass is 10.5. The minimum atomic E-state index is 1.18. The van der Waals surface area contributed by atoms with Gasteiger partial charge in [-0.25, -0.2) is 0 Å². The number of hydrogen-bond donors (Lipinski definition) is 2. The van der Waals surface area contributed by atoms with Gasteiger partial charge in [0.15, 0.2) is 0 Å². The molecule has 0 saturated carbocycles. The van der Waals surface area contributed by atoms with Crippen LogP contribution < -0.4 is 0 Å². The molecule has 10 heavy (non-hydrogen) atoms. The molecule has 2 N–H and O–H groups in total. The van der Waals surface area contributed by atoms with Crippen LogP contribution in [-0.2, 0) is 0 Å². The van der Waals surface area contributed by atoms with Crippen LogP contribution >= 0.6 is 45.2 Å². The van der Waals surface area contributed by atoms with Crippen LogP contribution in [0.15, 0.2) is 12.1 Å². The number of halogens is 2. The molecular formula is C6H4I2N2. The van der Waals surface area contributed by atoms with E-state index in [9.17, 15) is 0 Å². The summed E-state index contributed by atoms with van der Waals surface area (Å²) in [6.45, 7) is 0. The van der Waals surface area contributed by atoms with Gasteiger partial charge >= 0.3 is 0 Å². The van der Waals surface area contributed by atoms with Gasteiger partial charge in [0.25, 0.3) is 0 Å². The summed E-state index contributed by atoms with van der Waals surface area (Å²) in [6, 6.07) is 4.19. The molecule has 0 spiro atoms. The number of rotatable bonds is 0. The largest absolute Gasteiger partial charge is 0.349 e. The molecule has 0 aromatic carbocycles. The Morgan fingerprint density at radius 3 is 1.70 bits per heavy atom. The van der Waals surface area contributed by atoms with Crippen molar-refractivity contribution in [1.29, 1.82) is 0 Å². The zero-order valence-electron chi connectivity index (χ0n) is 4.91. The minimum absolute atomic E-state index is 1.18. The first-order valence-electron chi connectivity index (χ1n) is 2.78. The summed E-state index contributed by atoms with van der Waals surface area (Å²) in [5.74, 6) is 0. The Morgan fingerprint density at radius 2 is 1.30 bits per heavy atom. The first-order valence-corrected chi connectivity index (χ1v) is 4.94. The first kappa shape index (κ1) is 6.96. The monoisotopic (exact) mass is 358 g/mol. The summed E-state index contributed by atoms with van der Waals surface area (Å²) in [4.78, 5) is 6.46. The fraction of sp³-hybridized carbons (Fsp3) is 0. The molecular weight excluding hydrogens is 354 g/mol. The average Bonchev–Trinajstić information content (AvgIpc) is 2.21. The van der Waals surface area contributed by atoms with E-state index in [-0.39, 0.29) is 0 Å². The van der Waals surface area contributed by atoms with Gasteiger partial charge in [-0.05, 0) is 57.3 Å². The predicted octanol–water partition coefficient (Wildman–Crippen LogP) is 2.71. The quantitative estimate of drug-likeness (QED) is 0.679. The van der Waals surface area contributed by atoms with Crippen molar-refractivity contribution in [3.05, 3.63) is 19.5 Å². The van der Waals surface area contributed by atoms with Crippen molar-refractivity contribution < 1.29 is 0 Å². The van der Waals surface area contributed by atoms with Crippen LogP contribution in [0, 0.1) is 7.40 Å². The third kappa shape index (κ3) is 1.07. The molecule has 0 aliphatic rings. The Bertz CT molecular complexity index is 298. The molecule has 0 saturated heterocycles. The molecule has 0 radical (unpaired) electrons. The summed E-state index contributed by atoms with van der Waals surface area (Å²) >= 11 is 4.53. The normalized spacial score (nSPS) is 11.0. The molecule has 0 atom stereocenters. The Balaban J connectivity index is 2.83. The van der Waals surface area contributed by atoms with Crippen LogP contribution in [0.1, 0.15) is 0 Å². The number of nitrogens with one attached hydrogen (secondary N) is 2. The fourth-order valence-corrected chi connectivity index (χ4v) is 2.15. The van der Waals surface area contributed by atoms with Gasteiger partial charge in [-0.1, -0.05) is 0 Å².